The first-order valence-electron chi connectivity index (χ1n) is 5.11. The number of aromatic nitrogens is 4. The predicted octanol–water partition coefficient (Wildman–Crippen LogP) is 0.870. The second kappa shape index (κ2) is 4.35. The molecule has 0 unspecified atom stereocenters. The second-order valence-corrected chi connectivity index (χ2v) is 3.95. The number of hydrogen-bond acceptors (Lipinski definition) is 4. The van der Waals surface area contributed by atoms with Crippen molar-refractivity contribution in [2.45, 2.75) is 20.4 Å². The summed E-state index contributed by atoms with van der Waals surface area (Å²) in [5.74, 6) is 1.54. The van der Waals surface area contributed by atoms with Crippen LogP contribution in [0.2, 0.25) is 0 Å². The molecule has 0 aliphatic carbocycles. The Morgan fingerprint density at radius 2 is 2.27 bits per heavy atom. The first-order valence-corrected chi connectivity index (χ1v) is 5.11. The molecule has 5 heteroatoms. The summed E-state index contributed by atoms with van der Waals surface area (Å²) in [4.78, 5) is 4.04. The first-order chi connectivity index (χ1) is 7.27. The van der Waals surface area contributed by atoms with Gasteiger partial charge in [0.15, 0.2) is 11.5 Å². The summed E-state index contributed by atoms with van der Waals surface area (Å²) in [6.45, 7) is 6.06. The topological polar surface area (TPSA) is 55.1 Å². The van der Waals surface area contributed by atoms with Gasteiger partial charge >= 0.3 is 0 Å². The van der Waals surface area contributed by atoms with Crippen molar-refractivity contribution in [2.75, 3.05) is 6.54 Å². The largest absolute Gasteiger partial charge is 0.310 e. The van der Waals surface area contributed by atoms with Crippen molar-refractivity contribution in [3.8, 4) is 0 Å². The zero-order valence-electron chi connectivity index (χ0n) is 9.01. The van der Waals surface area contributed by atoms with Gasteiger partial charge in [-0.05, 0) is 12.5 Å². The summed E-state index contributed by atoms with van der Waals surface area (Å²) in [5, 5.41) is 11.5. The van der Waals surface area contributed by atoms with E-state index in [4.69, 9.17) is 0 Å². The lowest BCUT2D eigenvalue weighted by atomic mass is 10.2. The Morgan fingerprint density at radius 3 is 3.07 bits per heavy atom. The van der Waals surface area contributed by atoms with Crippen molar-refractivity contribution in [1.29, 1.82) is 0 Å². The molecule has 0 atom stereocenters. The Hall–Kier alpha value is -1.49. The van der Waals surface area contributed by atoms with E-state index in [0.717, 1.165) is 24.6 Å². The quantitative estimate of drug-likeness (QED) is 0.804. The van der Waals surface area contributed by atoms with Crippen molar-refractivity contribution in [3.63, 3.8) is 0 Å². The van der Waals surface area contributed by atoms with Crippen LogP contribution < -0.4 is 5.32 Å². The predicted molar refractivity (Wildman–Crippen MR) is 57.3 cm³/mol. The monoisotopic (exact) mass is 205 g/mol. The molecule has 0 amide bonds. The highest BCUT2D eigenvalue weighted by Gasteiger charge is 2.03. The highest BCUT2D eigenvalue weighted by Crippen LogP contribution is 2.00. The van der Waals surface area contributed by atoms with Crippen molar-refractivity contribution in [2.24, 2.45) is 5.92 Å². The van der Waals surface area contributed by atoms with E-state index in [1.165, 1.54) is 0 Å². The minimum Gasteiger partial charge on any atom is -0.310 e. The van der Waals surface area contributed by atoms with Crippen molar-refractivity contribution in [1.82, 2.24) is 24.9 Å². The molecule has 2 aromatic heterocycles. The average Bonchev–Trinajstić information content (AvgIpc) is 2.62. The van der Waals surface area contributed by atoms with Crippen LogP contribution in [0.1, 0.15) is 19.7 Å². The summed E-state index contributed by atoms with van der Waals surface area (Å²) < 4.78 is 1.90. The van der Waals surface area contributed by atoms with Crippen molar-refractivity contribution in [3.05, 3.63) is 24.4 Å². The molecule has 2 aromatic rings. The van der Waals surface area contributed by atoms with E-state index in [-0.39, 0.29) is 0 Å². The van der Waals surface area contributed by atoms with Crippen LogP contribution in [-0.4, -0.2) is 26.1 Å². The standard InChI is InChI=1S/C10H15N5/c1-8(2)5-12-6-10-14-13-9-3-4-11-7-15(9)10/h3-4,7-8,12H,5-6H2,1-2H3. The molecule has 0 bridgehead atoms. The van der Waals surface area contributed by atoms with Crippen LogP contribution in [0.4, 0.5) is 0 Å². The van der Waals surface area contributed by atoms with Crippen LogP contribution in [0, 0.1) is 5.92 Å². The lowest BCUT2D eigenvalue weighted by Gasteiger charge is -2.05. The van der Waals surface area contributed by atoms with Gasteiger partial charge in [-0.2, -0.15) is 0 Å². The molecule has 0 radical (unpaired) electrons. The van der Waals surface area contributed by atoms with Gasteiger partial charge in [0.2, 0.25) is 0 Å². The SMILES string of the molecule is CC(C)CNCc1nnc2ccncn12. The molecule has 0 saturated heterocycles. The summed E-state index contributed by atoms with van der Waals surface area (Å²) in [7, 11) is 0. The Kier molecular flexibility index (Phi) is 2.91. The van der Waals surface area contributed by atoms with Crippen LogP contribution in [-0.2, 0) is 6.54 Å². The second-order valence-electron chi connectivity index (χ2n) is 3.95. The molecule has 0 aromatic carbocycles. The van der Waals surface area contributed by atoms with Crippen LogP contribution >= 0.6 is 0 Å². The number of nitrogens with zero attached hydrogens (tertiary/aromatic N) is 4. The van der Waals surface area contributed by atoms with Crippen molar-refractivity contribution >= 4 is 5.65 Å². The van der Waals surface area contributed by atoms with Crippen LogP contribution in [0.15, 0.2) is 18.6 Å². The Bertz CT molecular complexity index is 434. The Morgan fingerprint density at radius 1 is 1.40 bits per heavy atom. The third-order valence-corrected chi connectivity index (χ3v) is 2.12. The van der Waals surface area contributed by atoms with E-state index in [2.05, 4.69) is 34.3 Å². The summed E-state index contributed by atoms with van der Waals surface area (Å²) in [6.07, 6.45) is 3.46. The number of rotatable bonds is 4. The van der Waals surface area contributed by atoms with Crippen LogP contribution in [0.3, 0.4) is 0 Å². The van der Waals surface area contributed by atoms with E-state index < -0.39 is 0 Å². The zero-order valence-corrected chi connectivity index (χ0v) is 9.01. The molecule has 2 rings (SSSR count). The Labute approximate surface area is 88.6 Å². The maximum Gasteiger partial charge on any atom is 0.163 e. The highest BCUT2D eigenvalue weighted by molar-refractivity contribution is 5.35. The smallest absolute Gasteiger partial charge is 0.163 e. The molecule has 0 aliphatic rings. The van der Waals surface area contributed by atoms with Crippen LogP contribution in [0.5, 0.6) is 0 Å². The van der Waals surface area contributed by atoms with Gasteiger partial charge < -0.3 is 5.32 Å². The highest BCUT2D eigenvalue weighted by atomic mass is 15.3. The van der Waals surface area contributed by atoms with Crippen molar-refractivity contribution < 1.29 is 0 Å². The van der Waals surface area contributed by atoms with E-state index >= 15 is 0 Å². The van der Waals surface area contributed by atoms with Gasteiger partial charge in [0.25, 0.3) is 0 Å². The molecule has 80 valence electrons. The normalized spacial score (nSPS) is 11.4. The summed E-state index contributed by atoms with van der Waals surface area (Å²) in [5.41, 5.74) is 0.839. The molecule has 2 heterocycles. The van der Waals surface area contributed by atoms with Gasteiger partial charge in [0.05, 0.1) is 6.54 Å². The average molecular weight is 205 g/mol. The number of hydrogen-bond donors (Lipinski definition) is 1. The molecular weight excluding hydrogens is 190 g/mol. The molecule has 0 saturated carbocycles. The molecular formula is C10H15N5. The van der Waals surface area contributed by atoms with Gasteiger partial charge in [-0.1, -0.05) is 13.8 Å². The Balaban J connectivity index is 2.08. The molecule has 1 N–H and O–H groups in total. The van der Waals surface area contributed by atoms with Gasteiger partial charge in [0.1, 0.15) is 6.33 Å². The van der Waals surface area contributed by atoms with Gasteiger partial charge in [-0.3, -0.25) is 4.40 Å². The van der Waals surface area contributed by atoms with E-state index in [9.17, 15) is 0 Å². The molecule has 0 aliphatic heterocycles. The van der Waals surface area contributed by atoms with Gasteiger partial charge in [-0.15, -0.1) is 10.2 Å². The fraction of sp³-hybridized carbons (Fsp3) is 0.500. The van der Waals surface area contributed by atoms with Gasteiger partial charge in [-0.25, -0.2) is 4.98 Å². The molecule has 0 fully saturated rings. The third-order valence-electron chi connectivity index (χ3n) is 2.12. The fourth-order valence-corrected chi connectivity index (χ4v) is 1.38. The van der Waals surface area contributed by atoms with Crippen LogP contribution in [0.25, 0.3) is 5.65 Å². The molecule has 5 nitrogen and oxygen atoms in total. The third kappa shape index (κ3) is 2.30. The minimum absolute atomic E-state index is 0.641. The maximum atomic E-state index is 4.10. The summed E-state index contributed by atoms with van der Waals surface area (Å²) >= 11 is 0. The lowest BCUT2D eigenvalue weighted by molar-refractivity contribution is 0.541. The number of nitrogens with one attached hydrogen (secondary N) is 1. The lowest BCUT2D eigenvalue weighted by Crippen LogP contribution is -2.20. The molecule has 0 spiro atoms. The number of fused-ring (bicyclic) bond motifs is 1. The van der Waals surface area contributed by atoms with E-state index in [0.29, 0.717) is 5.92 Å². The fourth-order valence-electron chi connectivity index (χ4n) is 1.38. The molecule has 15 heavy (non-hydrogen) atoms. The van der Waals surface area contributed by atoms with E-state index in [1.807, 2.05) is 10.5 Å². The van der Waals surface area contributed by atoms with Gasteiger partial charge in [0, 0.05) is 12.3 Å². The first kappa shape index (κ1) is 10.0. The minimum atomic E-state index is 0.641. The zero-order chi connectivity index (χ0) is 10.7. The maximum absolute atomic E-state index is 4.10. The van der Waals surface area contributed by atoms with E-state index in [1.54, 1.807) is 12.5 Å². The summed E-state index contributed by atoms with van der Waals surface area (Å²) in [6, 6.07) is 1.85.